The topological polar surface area (TPSA) is 344 Å². The van der Waals surface area contributed by atoms with Gasteiger partial charge >= 0.3 is 53.5 Å². The van der Waals surface area contributed by atoms with E-state index >= 15 is 0 Å². The number of nitrogens with one attached hydrogen (secondary N) is 4. The number of carbonyl (C=O) groups is 4. The van der Waals surface area contributed by atoms with Crippen LogP contribution in [0.2, 0.25) is 0 Å². The van der Waals surface area contributed by atoms with Crippen molar-refractivity contribution >= 4 is 88.6 Å². The number of aryl methyl sites for hydroxylation is 1. The number of carbonyl (C=O) groups excluding carboxylic acids is 4. The minimum Gasteiger partial charge on any atom is -0.481 e. The molecule has 0 radical (unpaired) electrons. The van der Waals surface area contributed by atoms with E-state index in [1.165, 1.54) is 58.6 Å². The average Bonchev–Trinajstić information content (AvgIpc) is 3.18. The molecule has 0 saturated carbocycles. The molecule has 4 aromatic rings. The SMILES string of the molecule is COC(=O)c1ccc(CNS(C)(=O)=O)cc1S(=O)(=O)NC(=O)Nc1nc(OC)cc(OC)n1.COC(=O)c1ccc(I)cc1S(=O)(=O)[N-]C(=O)Nc1nc(C)nc(OC)n1.[Na+]. The Hall–Kier alpha value is -5.05. The van der Waals surface area contributed by atoms with E-state index in [1.54, 1.807) is 4.72 Å². The van der Waals surface area contributed by atoms with Gasteiger partial charge in [0.05, 0.1) is 63.9 Å². The molecule has 4 amide bonds. The second-order valence-corrected chi connectivity index (χ2v) is 17.4. The predicted octanol–water partition coefficient (Wildman–Crippen LogP) is -1.28. The zero-order valence-corrected chi connectivity index (χ0v) is 39.8. The number of aromatic nitrogens is 5. The fraction of sp³-hybridized carbons (Fsp3) is 0.258. The number of sulfonamides is 3. The molecule has 0 aliphatic carbocycles. The van der Waals surface area contributed by atoms with E-state index in [1.807, 2.05) is 22.6 Å². The zero-order valence-electron chi connectivity index (χ0n) is 33.2. The molecule has 0 aliphatic rings. The van der Waals surface area contributed by atoms with Gasteiger partial charge in [-0.25, -0.2) is 54.1 Å². The first-order valence-electron chi connectivity index (χ1n) is 15.9. The zero-order chi connectivity index (χ0) is 45.0. The Morgan fingerprint density at radius 3 is 1.80 bits per heavy atom. The van der Waals surface area contributed by atoms with Gasteiger partial charge in [0.1, 0.15) is 10.7 Å². The van der Waals surface area contributed by atoms with Crippen LogP contribution in [-0.4, -0.2) is 116 Å². The van der Waals surface area contributed by atoms with Crippen LogP contribution in [0.5, 0.6) is 17.8 Å². The second kappa shape index (κ2) is 22.7. The largest absolute Gasteiger partial charge is 1.00 e. The van der Waals surface area contributed by atoms with Crippen molar-refractivity contribution in [3.8, 4) is 17.8 Å². The fourth-order valence-corrected chi connectivity index (χ4v) is 7.59. The molecule has 0 bridgehead atoms. The van der Waals surface area contributed by atoms with Crippen LogP contribution in [0, 0.1) is 10.5 Å². The molecule has 2 heterocycles. The maximum atomic E-state index is 12.9. The van der Waals surface area contributed by atoms with Gasteiger partial charge in [-0.1, -0.05) is 6.07 Å². The number of hydrogen-bond acceptors (Lipinski definition) is 20. The number of urea groups is 2. The minimum absolute atomic E-state index is 0. The second-order valence-electron chi connectivity index (χ2n) is 11.1. The van der Waals surface area contributed by atoms with Crippen molar-refractivity contribution in [1.29, 1.82) is 0 Å². The van der Waals surface area contributed by atoms with Crippen LogP contribution in [0.25, 0.3) is 4.72 Å². The first-order chi connectivity index (χ1) is 28.0. The van der Waals surface area contributed by atoms with Crippen molar-refractivity contribution < 1.29 is 97.7 Å². The summed E-state index contributed by atoms with van der Waals surface area (Å²) >= 11 is 1.86. The van der Waals surface area contributed by atoms with Crippen LogP contribution in [0.1, 0.15) is 32.1 Å². The molecular formula is C31H34IN10NaO15S3. The van der Waals surface area contributed by atoms with Gasteiger partial charge < -0.3 is 33.7 Å². The van der Waals surface area contributed by atoms with Crippen molar-refractivity contribution in [2.75, 3.05) is 52.4 Å². The van der Waals surface area contributed by atoms with E-state index in [-0.39, 0.29) is 88.3 Å². The summed E-state index contributed by atoms with van der Waals surface area (Å²) < 4.78 is 105. The Labute approximate surface area is 384 Å². The Balaban J connectivity index is 0.000000421. The summed E-state index contributed by atoms with van der Waals surface area (Å²) in [7, 11) is -6.61. The van der Waals surface area contributed by atoms with Crippen LogP contribution in [-0.2, 0) is 46.1 Å². The maximum absolute atomic E-state index is 12.9. The molecule has 0 atom stereocenters. The molecule has 4 rings (SSSR count). The minimum atomic E-state index is -4.63. The third-order valence-electron chi connectivity index (χ3n) is 6.79. The summed E-state index contributed by atoms with van der Waals surface area (Å²) in [4.78, 5) is 66.3. The van der Waals surface area contributed by atoms with E-state index < -0.39 is 63.9 Å². The third-order valence-corrected chi connectivity index (χ3v) is 10.8. The van der Waals surface area contributed by atoms with Crippen LogP contribution in [0.4, 0.5) is 21.5 Å². The molecule has 0 aliphatic heterocycles. The summed E-state index contributed by atoms with van der Waals surface area (Å²) in [5.74, 6) is -2.10. The molecule has 0 saturated heterocycles. The van der Waals surface area contributed by atoms with Crippen molar-refractivity contribution in [3.05, 3.63) is 73.3 Å². The Bertz CT molecular complexity index is 2600. The Morgan fingerprint density at radius 1 is 0.705 bits per heavy atom. The molecular weight excluding hydrogens is 998 g/mol. The standard InChI is InChI=1S/C17H21N5O9S2.C14H14IN5O6S.Na/c1-29-13-8-14(30-2)20-16(19-13)21-17(24)22-33(27,28)12-7-10(9-18-32(4,25)26)5-6-11(12)15(23)31-3;1-7-16-12(19-14(17-7)26-3)18-13(22)20-27(23,24)10-6-8(15)4-5-9(10)11(21)25-2;/h5-8,18H,9H2,1-4H3,(H2,19,20,21,22,24);4-6H,1-3H3,(H2,16,17,18,19,20,22);/q;;+1/p-1. The summed E-state index contributed by atoms with van der Waals surface area (Å²) in [5, 5.41) is 4.24. The van der Waals surface area contributed by atoms with E-state index in [0.717, 1.165) is 32.6 Å². The summed E-state index contributed by atoms with van der Waals surface area (Å²) in [6.07, 6.45) is 0.926. The molecule has 30 heteroatoms. The van der Waals surface area contributed by atoms with Gasteiger partial charge in [0.15, 0.2) is 12.0 Å². The van der Waals surface area contributed by atoms with Crippen LogP contribution in [0.3, 0.4) is 0 Å². The van der Waals surface area contributed by atoms with Gasteiger partial charge in [0.25, 0.3) is 10.0 Å². The van der Waals surface area contributed by atoms with Gasteiger partial charge in [-0.05, 0) is 65.4 Å². The number of benzene rings is 2. The molecule has 25 nitrogen and oxygen atoms in total. The van der Waals surface area contributed by atoms with Gasteiger partial charge in [0, 0.05) is 10.1 Å². The Kier molecular flexibility index (Phi) is 19.4. The third kappa shape index (κ3) is 15.7. The molecule has 2 aromatic heterocycles. The number of amides is 4. The van der Waals surface area contributed by atoms with Gasteiger partial charge in [0.2, 0.25) is 37.8 Å². The van der Waals surface area contributed by atoms with E-state index in [0.29, 0.717) is 3.57 Å². The molecule has 2 aromatic carbocycles. The first kappa shape index (κ1) is 52.1. The fourth-order valence-electron chi connectivity index (χ4n) is 4.23. The summed E-state index contributed by atoms with van der Waals surface area (Å²) in [5.41, 5.74) is -0.415. The quantitative estimate of drug-likeness (QED) is 0.0649. The number of methoxy groups -OCH3 is 5. The Morgan fingerprint density at radius 2 is 1.26 bits per heavy atom. The number of anilines is 2. The van der Waals surface area contributed by atoms with E-state index in [2.05, 4.69) is 54.5 Å². The number of halogens is 1. The molecule has 324 valence electrons. The molecule has 0 unspecified atom stereocenters. The molecule has 0 spiro atoms. The first-order valence-corrected chi connectivity index (χ1v) is 21.8. The molecule has 4 N–H and O–H groups in total. The van der Waals surface area contributed by atoms with Gasteiger partial charge in [-0.2, -0.15) is 19.9 Å². The van der Waals surface area contributed by atoms with Crippen molar-refractivity contribution in [3.63, 3.8) is 0 Å². The van der Waals surface area contributed by atoms with Crippen LogP contribution in [0.15, 0.2) is 52.3 Å². The number of rotatable bonds is 14. The summed E-state index contributed by atoms with van der Waals surface area (Å²) in [6, 6.07) is 6.26. The number of esters is 2. The maximum Gasteiger partial charge on any atom is 1.00 e. The van der Waals surface area contributed by atoms with Crippen molar-refractivity contribution in [2.45, 2.75) is 23.3 Å². The van der Waals surface area contributed by atoms with Gasteiger partial charge in [-0.3, -0.25) is 10.1 Å². The van der Waals surface area contributed by atoms with E-state index in [4.69, 9.17) is 14.2 Å². The van der Waals surface area contributed by atoms with Crippen molar-refractivity contribution in [2.24, 2.45) is 0 Å². The number of nitrogens with zero attached hydrogens (tertiary/aromatic N) is 6. The van der Waals surface area contributed by atoms with E-state index in [9.17, 15) is 44.4 Å². The van der Waals surface area contributed by atoms with Crippen molar-refractivity contribution in [1.82, 2.24) is 34.4 Å². The number of ether oxygens (including phenoxy) is 5. The van der Waals surface area contributed by atoms with Crippen LogP contribution < -0.4 is 63.8 Å². The average molecular weight is 1030 g/mol. The summed E-state index contributed by atoms with van der Waals surface area (Å²) in [6.45, 7) is 1.27. The molecule has 0 fully saturated rings. The smallest absolute Gasteiger partial charge is 0.481 e. The monoisotopic (exact) mass is 1030 g/mol. The number of hydrogen-bond donors (Lipinski definition) is 4. The van der Waals surface area contributed by atoms with Gasteiger partial charge in [-0.15, -0.1) is 0 Å². The van der Waals surface area contributed by atoms with Crippen LogP contribution >= 0.6 is 22.6 Å². The molecule has 61 heavy (non-hydrogen) atoms. The predicted molar refractivity (Wildman–Crippen MR) is 215 cm³/mol. The normalized spacial score (nSPS) is 11.0.